The predicted octanol–water partition coefficient (Wildman–Crippen LogP) is 0.300. The molecule has 27 heavy (non-hydrogen) atoms. The molecule has 0 unspecified atom stereocenters. The maximum absolute atomic E-state index is 12.3. The minimum atomic E-state index is -0.306. The van der Waals surface area contributed by atoms with E-state index in [9.17, 15) is 9.59 Å². The normalized spacial score (nSPS) is 18.1. The Balaban J connectivity index is 1.44. The second-order valence-electron chi connectivity index (χ2n) is 6.65. The van der Waals surface area contributed by atoms with E-state index in [0.717, 1.165) is 57.3 Å². The topological polar surface area (TPSA) is 83.1 Å². The number of anilines is 2. The van der Waals surface area contributed by atoms with E-state index in [0.29, 0.717) is 19.8 Å². The van der Waals surface area contributed by atoms with Crippen molar-refractivity contribution in [1.82, 2.24) is 10.2 Å². The van der Waals surface area contributed by atoms with Crippen LogP contribution in [0.3, 0.4) is 0 Å². The molecule has 0 atom stereocenters. The highest BCUT2D eigenvalue weighted by Gasteiger charge is 2.17. The Morgan fingerprint density at radius 1 is 0.926 bits per heavy atom. The molecule has 2 aliphatic rings. The van der Waals surface area contributed by atoms with Gasteiger partial charge in [0.1, 0.15) is 6.42 Å². The molecule has 0 spiro atoms. The van der Waals surface area contributed by atoms with Gasteiger partial charge in [0.05, 0.1) is 37.8 Å². The first-order valence-corrected chi connectivity index (χ1v) is 9.51. The molecule has 1 aromatic carbocycles. The summed E-state index contributed by atoms with van der Waals surface area (Å²) in [5.41, 5.74) is 1.69. The van der Waals surface area contributed by atoms with Crippen molar-refractivity contribution in [2.24, 2.45) is 0 Å². The number of amides is 2. The molecule has 2 amide bonds. The fourth-order valence-electron chi connectivity index (χ4n) is 3.24. The molecule has 0 aromatic heterocycles. The molecule has 0 aliphatic carbocycles. The van der Waals surface area contributed by atoms with Gasteiger partial charge in [0.25, 0.3) is 0 Å². The standard InChI is InChI=1S/C19H28N4O4/c24-18(20-5-6-22-7-11-26-12-8-22)15-19(25)21-16-3-1-2-4-17(16)23-9-13-27-14-10-23/h1-4H,5-15H2,(H,20,24)(H,21,25). The van der Waals surface area contributed by atoms with E-state index in [1.54, 1.807) is 0 Å². The van der Waals surface area contributed by atoms with Crippen LogP contribution in [-0.4, -0.2) is 82.4 Å². The number of ether oxygens (including phenoxy) is 2. The molecule has 2 saturated heterocycles. The summed E-state index contributed by atoms with van der Waals surface area (Å²) < 4.78 is 10.7. The van der Waals surface area contributed by atoms with E-state index in [2.05, 4.69) is 20.4 Å². The summed E-state index contributed by atoms with van der Waals surface area (Å²) in [6.45, 7) is 7.47. The van der Waals surface area contributed by atoms with Crippen LogP contribution in [0.5, 0.6) is 0 Å². The lowest BCUT2D eigenvalue weighted by molar-refractivity contribution is -0.126. The molecule has 2 N–H and O–H groups in total. The fraction of sp³-hybridized carbons (Fsp3) is 0.579. The summed E-state index contributed by atoms with van der Waals surface area (Å²) >= 11 is 0. The largest absolute Gasteiger partial charge is 0.379 e. The molecule has 2 fully saturated rings. The van der Waals surface area contributed by atoms with Crippen LogP contribution in [-0.2, 0) is 19.1 Å². The molecule has 2 aliphatic heterocycles. The van der Waals surface area contributed by atoms with Gasteiger partial charge in [-0.2, -0.15) is 0 Å². The Labute approximate surface area is 159 Å². The van der Waals surface area contributed by atoms with Crippen LogP contribution in [0.1, 0.15) is 6.42 Å². The van der Waals surface area contributed by atoms with Crippen molar-refractivity contribution in [3.63, 3.8) is 0 Å². The fourth-order valence-corrected chi connectivity index (χ4v) is 3.24. The molecule has 0 bridgehead atoms. The zero-order chi connectivity index (χ0) is 18.9. The number of hydrogen-bond acceptors (Lipinski definition) is 6. The molecular weight excluding hydrogens is 348 g/mol. The lowest BCUT2D eigenvalue weighted by Crippen LogP contribution is -2.41. The average molecular weight is 376 g/mol. The van der Waals surface area contributed by atoms with Crippen molar-refractivity contribution in [2.75, 3.05) is 75.9 Å². The number of morpholine rings is 2. The molecule has 8 nitrogen and oxygen atoms in total. The van der Waals surface area contributed by atoms with Crippen LogP contribution >= 0.6 is 0 Å². The Morgan fingerprint density at radius 3 is 2.33 bits per heavy atom. The zero-order valence-corrected chi connectivity index (χ0v) is 15.6. The summed E-state index contributed by atoms with van der Waals surface area (Å²) in [4.78, 5) is 28.7. The molecular formula is C19H28N4O4. The van der Waals surface area contributed by atoms with E-state index >= 15 is 0 Å². The number of para-hydroxylation sites is 2. The van der Waals surface area contributed by atoms with Gasteiger partial charge in [-0.05, 0) is 12.1 Å². The van der Waals surface area contributed by atoms with Crippen molar-refractivity contribution >= 4 is 23.2 Å². The summed E-state index contributed by atoms with van der Waals surface area (Å²) in [5, 5.41) is 5.68. The third kappa shape index (κ3) is 6.20. The van der Waals surface area contributed by atoms with Crippen LogP contribution in [0.2, 0.25) is 0 Å². The monoisotopic (exact) mass is 376 g/mol. The highest BCUT2D eigenvalue weighted by atomic mass is 16.5. The highest BCUT2D eigenvalue weighted by molar-refractivity contribution is 6.04. The highest BCUT2D eigenvalue weighted by Crippen LogP contribution is 2.26. The van der Waals surface area contributed by atoms with Gasteiger partial charge in [-0.3, -0.25) is 14.5 Å². The lowest BCUT2D eigenvalue weighted by Gasteiger charge is -2.30. The number of carbonyl (C=O) groups excluding carboxylic acids is 2. The van der Waals surface area contributed by atoms with E-state index in [1.165, 1.54) is 0 Å². The van der Waals surface area contributed by atoms with Gasteiger partial charge in [-0.1, -0.05) is 12.1 Å². The molecule has 1 aromatic rings. The molecule has 148 valence electrons. The summed E-state index contributed by atoms with van der Waals surface area (Å²) in [6.07, 6.45) is -0.180. The Hall–Kier alpha value is -2.16. The Bertz CT molecular complexity index is 628. The lowest BCUT2D eigenvalue weighted by atomic mass is 10.2. The maximum atomic E-state index is 12.3. The van der Waals surface area contributed by atoms with Crippen molar-refractivity contribution in [3.05, 3.63) is 24.3 Å². The molecule has 8 heteroatoms. The van der Waals surface area contributed by atoms with Crippen molar-refractivity contribution in [3.8, 4) is 0 Å². The number of rotatable bonds is 7. The third-order valence-corrected chi connectivity index (χ3v) is 4.70. The number of hydrogen-bond donors (Lipinski definition) is 2. The Kier molecular flexibility index (Phi) is 7.44. The minimum Gasteiger partial charge on any atom is -0.379 e. The number of nitrogens with one attached hydrogen (secondary N) is 2. The maximum Gasteiger partial charge on any atom is 0.233 e. The van der Waals surface area contributed by atoms with E-state index < -0.39 is 0 Å². The quantitative estimate of drug-likeness (QED) is 0.666. The van der Waals surface area contributed by atoms with Crippen molar-refractivity contribution in [2.45, 2.75) is 6.42 Å². The predicted molar refractivity (Wildman–Crippen MR) is 103 cm³/mol. The van der Waals surface area contributed by atoms with Gasteiger partial charge < -0.3 is 25.0 Å². The molecule has 0 radical (unpaired) electrons. The minimum absolute atomic E-state index is 0.180. The van der Waals surface area contributed by atoms with Crippen LogP contribution < -0.4 is 15.5 Å². The van der Waals surface area contributed by atoms with E-state index in [-0.39, 0.29) is 18.2 Å². The molecule has 2 heterocycles. The molecule has 0 saturated carbocycles. The van der Waals surface area contributed by atoms with Gasteiger partial charge in [0.15, 0.2) is 0 Å². The number of benzene rings is 1. The van der Waals surface area contributed by atoms with E-state index in [1.807, 2.05) is 24.3 Å². The van der Waals surface area contributed by atoms with Crippen LogP contribution in [0.25, 0.3) is 0 Å². The second-order valence-corrected chi connectivity index (χ2v) is 6.65. The van der Waals surface area contributed by atoms with Gasteiger partial charge in [0, 0.05) is 39.3 Å². The van der Waals surface area contributed by atoms with Gasteiger partial charge in [0.2, 0.25) is 11.8 Å². The number of nitrogens with zero attached hydrogens (tertiary/aromatic N) is 2. The Morgan fingerprint density at radius 2 is 1.59 bits per heavy atom. The van der Waals surface area contributed by atoms with Crippen molar-refractivity contribution in [1.29, 1.82) is 0 Å². The SMILES string of the molecule is O=C(CC(=O)Nc1ccccc1N1CCOCC1)NCCN1CCOCC1. The first-order valence-electron chi connectivity index (χ1n) is 9.51. The number of carbonyl (C=O) groups is 2. The smallest absolute Gasteiger partial charge is 0.233 e. The summed E-state index contributed by atoms with van der Waals surface area (Å²) in [5.74, 6) is -0.566. The first-order chi connectivity index (χ1) is 13.2. The van der Waals surface area contributed by atoms with E-state index in [4.69, 9.17) is 9.47 Å². The zero-order valence-electron chi connectivity index (χ0n) is 15.6. The van der Waals surface area contributed by atoms with Crippen LogP contribution in [0, 0.1) is 0 Å². The van der Waals surface area contributed by atoms with Crippen molar-refractivity contribution < 1.29 is 19.1 Å². The molecule has 3 rings (SSSR count). The summed E-state index contributed by atoms with van der Waals surface area (Å²) in [6, 6.07) is 7.66. The first kappa shape index (κ1) is 19.6. The van der Waals surface area contributed by atoms with Crippen LogP contribution in [0.4, 0.5) is 11.4 Å². The average Bonchev–Trinajstić information content (AvgIpc) is 2.70. The second kappa shape index (κ2) is 10.2. The summed E-state index contributed by atoms with van der Waals surface area (Å²) in [7, 11) is 0. The van der Waals surface area contributed by atoms with Crippen LogP contribution in [0.15, 0.2) is 24.3 Å². The third-order valence-electron chi connectivity index (χ3n) is 4.70. The van der Waals surface area contributed by atoms with Gasteiger partial charge >= 0.3 is 0 Å². The van der Waals surface area contributed by atoms with Gasteiger partial charge in [-0.15, -0.1) is 0 Å². The van der Waals surface area contributed by atoms with Gasteiger partial charge in [-0.25, -0.2) is 0 Å².